The number of benzene rings is 1. The maximum atomic E-state index is 6.27. The van der Waals surface area contributed by atoms with Crippen LogP contribution in [0.2, 0.25) is 0 Å². The lowest BCUT2D eigenvalue weighted by atomic mass is 10.1. The summed E-state index contributed by atoms with van der Waals surface area (Å²) in [5.41, 5.74) is 2.71. The Bertz CT molecular complexity index is 289. The van der Waals surface area contributed by atoms with Gasteiger partial charge in [0, 0.05) is 5.38 Å². The molecule has 1 atom stereocenters. The zero-order valence-corrected chi connectivity index (χ0v) is 8.72. The second kappa shape index (κ2) is 3.71. The fraction of sp³-hybridized carbons (Fsp3) is 0.500. The van der Waals surface area contributed by atoms with Gasteiger partial charge in [-0.1, -0.05) is 29.8 Å². The second-order valence-electron chi connectivity index (χ2n) is 4.05. The molecule has 0 bridgehead atoms. The summed E-state index contributed by atoms with van der Waals surface area (Å²) in [6.45, 7) is 2.13. The van der Waals surface area contributed by atoms with Gasteiger partial charge in [0.15, 0.2) is 0 Å². The monoisotopic (exact) mass is 194 g/mol. The van der Waals surface area contributed by atoms with Gasteiger partial charge >= 0.3 is 0 Å². The minimum absolute atomic E-state index is 0.363. The highest BCUT2D eigenvalue weighted by molar-refractivity contribution is 6.21. The molecule has 1 saturated carbocycles. The highest BCUT2D eigenvalue weighted by Crippen LogP contribution is 2.37. The number of hydrogen-bond acceptors (Lipinski definition) is 0. The van der Waals surface area contributed by atoms with Crippen LogP contribution >= 0.6 is 11.6 Å². The van der Waals surface area contributed by atoms with Crippen molar-refractivity contribution in [2.24, 2.45) is 5.92 Å². The maximum absolute atomic E-state index is 6.27. The Morgan fingerprint density at radius 2 is 2.23 bits per heavy atom. The SMILES string of the molecule is Cc1cccc(CC(Cl)C2CC2)c1. The van der Waals surface area contributed by atoms with E-state index >= 15 is 0 Å². The average Bonchev–Trinajstić information content (AvgIpc) is 2.85. The second-order valence-corrected chi connectivity index (χ2v) is 4.61. The highest BCUT2D eigenvalue weighted by Gasteiger charge is 2.29. The van der Waals surface area contributed by atoms with E-state index < -0.39 is 0 Å². The van der Waals surface area contributed by atoms with Crippen LogP contribution in [-0.2, 0) is 6.42 Å². The number of rotatable bonds is 3. The molecule has 1 aliphatic rings. The van der Waals surface area contributed by atoms with Gasteiger partial charge in [0.1, 0.15) is 0 Å². The Hall–Kier alpha value is -0.490. The van der Waals surface area contributed by atoms with E-state index in [1.165, 1.54) is 24.0 Å². The molecule has 70 valence electrons. The van der Waals surface area contributed by atoms with Gasteiger partial charge in [-0.25, -0.2) is 0 Å². The molecule has 13 heavy (non-hydrogen) atoms. The third-order valence-corrected chi connectivity index (χ3v) is 3.16. The van der Waals surface area contributed by atoms with Gasteiger partial charge in [0.25, 0.3) is 0 Å². The molecule has 0 amide bonds. The molecule has 0 radical (unpaired) electrons. The van der Waals surface area contributed by atoms with Crippen molar-refractivity contribution in [3.05, 3.63) is 35.4 Å². The number of aryl methyl sites for hydroxylation is 1. The molecule has 1 unspecified atom stereocenters. The molecule has 1 heteroatoms. The summed E-state index contributed by atoms with van der Waals surface area (Å²) < 4.78 is 0. The molecule has 1 aliphatic carbocycles. The number of halogens is 1. The number of hydrogen-bond donors (Lipinski definition) is 0. The van der Waals surface area contributed by atoms with Gasteiger partial charge in [-0.3, -0.25) is 0 Å². The Morgan fingerprint density at radius 1 is 1.46 bits per heavy atom. The molecule has 0 heterocycles. The Labute approximate surface area is 84.9 Å². The standard InChI is InChI=1S/C12H15Cl/c1-9-3-2-4-10(7-9)8-12(13)11-5-6-11/h2-4,7,11-12H,5-6,8H2,1H3. The molecule has 2 rings (SSSR count). The zero-order valence-electron chi connectivity index (χ0n) is 7.96. The third-order valence-electron chi connectivity index (χ3n) is 2.65. The van der Waals surface area contributed by atoms with Gasteiger partial charge < -0.3 is 0 Å². The molecule has 0 aliphatic heterocycles. The highest BCUT2D eigenvalue weighted by atomic mass is 35.5. The summed E-state index contributed by atoms with van der Waals surface area (Å²) in [7, 11) is 0. The van der Waals surface area contributed by atoms with E-state index in [0.29, 0.717) is 5.38 Å². The van der Waals surface area contributed by atoms with Crippen LogP contribution < -0.4 is 0 Å². The molecular weight excluding hydrogens is 180 g/mol. The van der Waals surface area contributed by atoms with Gasteiger partial charge in [-0.2, -0.15) is 0 Å². The summed E-state index contributed by atoms with van der Waals surface area (Å²) in [5, 5.41) is 0.363. The first kappa shape index (κ1) is 9.08. The van der Waals surface area contributed by atoms with Crippen LogP contribution in [0.15, 0.2) is 24.3 Å². The van der Waals surface area contributed by atoms with Crippen molar-refractivity contribution in [1.82, 2.24) is 0 Å². The molecule has 1 aromatic carbocycles. The minimum atomic E-state index is 0.363. The first-order valence-electron chi connectivity index (χ1n) is 4.95. The van der Waals surface area contributed by atoms with Crippen molar-refractivity contribution in [3.63, 3.8) is 0 Å². The van der Waals surface area contributed by atoms with Crippen molar-refractivity contribution < 1.29 is 0 Å². The normalized spacial score (nSPS) is 18.6. The fourth-order valence-corrected chi connectivity index (χ4v) is 2.12. The summed E-state index contributed by atoms with van der Waals surface area (Å²) in [5.74, 6) is 0.794. The number of alkyl halides is 1. The quantitative estimate of drug-likeness (QED) is 0.646. The summed E-state index contributed by atoms with van der Waals surface area (Å²) in [6.07, 6.45) is 3.70. The fourth-order valence-electron chi connectivity index (χ4n) is 1.69. The zero-order chi connectivity index (χ0) is 9.26. The van der Waals surface area contributed by atoms with Crippen LogP contribution in [0.5, 0.6) is 0 Å². The lowest BCUT2D eigenvalue weighted by Gasteiger charge is -2.07. The van der Waals surface area contributed by atoms with E-state index in [-0.39, 0.29) is 0 Å². The van der Waals surface area contributed by atoms with Crippen LogP contribution in [0, 0.1) is 12.8 Å². The Kier molecular flexibility index (Phi) is 2.59. The van der Waals surface area contributed by atoms with Crippen molar-refractivity contribution in [2.45, 2.75) is 31.6 Å². The van der Waals surface area contributed by atoms with Crippen molar-refractivity contribution >= 4 is 11.6 Å². The van der Waals surface area contributed by atoms with E-state index in [1.54, 1.807) is 0 Å². The molecule has 1 aromatic rings. The van der Waals surface area contributed by atoms with Crippen molar-refractivity contribution in [2.75, 3.05) is 0 Å². The molecule has 0 spiro atoms. The predicted octanol–water partition coefficient (Wildman–Crippen LogP) is 3.55. The van der Waals surface area contributed by atoms with Gasteiger partial charge in [0.05, 0.1) is 0 Å². The van der Waals surface area contributed by atoms with Crippen molar-refractivity contribution in [3.8, 4) is 0 Å². The van der Waals surface area contributed by atoms with Crippen LogP contribution in [0.4, 0.5) is 0 Å². The summed E-state index contributed by atoms with van der Waals surface area (Å²) in [6, 6.07) is 8.65. The Morgan fingerprint density at radius 3 is 2.85 bits per heavy atom. The van der Waals surface area contributed by atoms with Crippen LogP contribution in [0.1, 0.15) is 24.0 Å². The maximum Gasteiger partial charge on any atom is 0.0404 e. The van der Waals surface area contributed by atoms with E-state index in [9.17, 15) is 0 Å². The largest absolute Gasteiger partial charge is 0.122 e. The predicted molar refractivity (Wildman–Crippen MR) is 57.2 cm³/mol. The topological polar surface area (TPSA) is 0 Å². The lowest BCUT2D eigenvalue weighted by molar-refractivity contribution is 0.737. The summed E-state index contributed by atoms with van der Waals surface area (Å²) in [4.78, 5) is 0. The van der Waals surface area contributed by atoms with Gasteiger partial charge in [0.2, 0.25) is 0 Å². The van der Waals surface area contributed by atoms with Gasteiger partial charge in [-0.15, -0.1) is 11.6 Å². The first-order valence-corrected chi connectivity index (χ1v) is 5.39. The first-order chi connectivity index (χ1) is 6.25. The molecule has 0 N–H and O–H groups in total. The van der Waals surface area contributed by atoms with Gasteiger partial charge in [-0.05, 0) is 37.7 Å². The third kappa shape index (κ3) is 2.47. The minimum Gasteiger partial charge on any atom is -0.122 e. The van der Waals surface area contributed by atoms with E-state index in [2.05, 4.69) is 31.2 Å². The average molecular weight is 195 g/mol. The van der Waals surface area contributed by atoms with Crippen LogP contribution in [0.3, 0.4) is 0 Å². The van der Waals surface area contributed by atoms with Crippen LogP contribution in [0.25, 0.3) is 0 Å². The molecule has 0 saturated heterocycles. The van der Waals surface area contributed by atoms with Crippen molar-refractivity contribution in [1.29, 1.82) is 0 Å². The van der Waals surface area contributed by atoms with Crippen LogP contribution in [-0.4, -0.2) is 5.38 Å². The molecular formula is C12H15Cl. The van der Waals surface area contributed by atoms with E-state index in [0.717, 1.165) is 12.3 Å². The lowest BCUT2D eigenvalue weighted by Crippen LogP contribution is -2.05. The molecule has 0 aromatic heterocycles. The smallest absolute Gasteiger partial charge is 0.0404 e. The Balaban J connectivity index is 2.00. The molecule has 1 fully saturated rings. The van der Waals surface area contributed by atoms with E-state index in [4.69, 9.17) is 11.6 Å². The summed E-state index contributed by atoms with van der Waals surface area (Å²) >= 11 is 6.27. The molecule has 0 nitrogen and oxygen atoms in total. The van der Waals surface area contributed by atoms with E-state index in [1.807, 2.05) is 0 Å².